The number of nitrogens with two attached hydrogens (primary N) is 4. The van der Waals surface area contributed by atoms with E-state index in [2.05, 4.69) is 0 Å². The minimum Gasteiger partial charge on any atom is -0.491 e. The number of benzene rings is 1. The van der Waals surface area contributed by atoms with Crippen molar-refractivity contribution in [1.29, 1.82) is 0 Å². The van der Waals surface area contributed by atoms with Crippen molar-refractivity contribution in [1.82, 2.24) is 0 Å². The zero-order chi connectivity index (χ0) is 29.6. The third-order valence-corrected chi connectivity index (χ3v) is 7.14. The maximum atomic E-state index is 11.2. The molecule has 40 heavy (non-hydrogen) atoms. The van der Waals surface area contributed by atoms with Crippen molar-refractivity contribution >= 4 is 0 Å². The molecule has 15 heteroatoms. The van der Waals surface area contributed by atoms with Gasteiger partial charge in [-0.1, -0.05) is 18.2 Å². The van der Waals surface area contributed by atoms with E-state index in [1.807, 2.05) is 6.07 Å². The van der Waals surface area contributed by atoms with Crippen LogP contribution in [0.1, 0.15) is 13.3 Å². The lowest BCUT2D eigenvalue weighted by Crippen LogP contribution is -2.68. The first kappa shape index (κ1) is 33.0. The van der Waals surface area contributed by atoms with Gasteiger partial charge in [-0.25, -0.2) is 0 Å². The van der Waals surface area contributed by atoms with E-state index in [1.165, 1.54) is 6.92 Å². The Morgan fingerprint density at radius 1 is 0.975 bits per heavy atom. The SMILES string of the molecule is C[C@H](O)C(CN)OC(OC1C(N)C[C@H](N)C(OC2OC(COc3ccccc3)C(O)C(N)C2O)C1O)[C@@H](O)CO. The molecule has 0 spiro atoms. The molecule has 0 bridgehead atoms. The van der Waals surface area contributed by atoms with Crippen molar-refractivity contribution in [2.24, 2.45) is 22.9 Å². The minimum atomic E-state index is -1.56. The van der Waals surface area contributed by atoms with Gasteiger partial charge in [0.05, 0.1) is 24.9 Å². The highest BCUT2D eigenvalue weighted by Gasteiger charge is 2.50. The van der Waals surface area contributed by atoms with E-state index in [0.29, 0.717) is 5.75 Å². The van der Waals surface area contributed by atoms with E-state index in [9.17, 15) is 30.6 Å². The van der Waals surface area contributed by atoms with Crippen LogP contribution < -0.4 is 27.7 Å². The van der Waals surface area contributed by atoms with E-state index < -0.39 is 92.2 Å². The van der Waals surface area contributed by atoms with Crippen LogP contribution in [0, 0.1) is 0 Å². The molecule has 1 saturated heterocycles. The van der Waals surface area contributed by atoms with Gasteiger partial charge in [-0.15, -0.1) is 0 Å². The van der Waals surface area contributed by atoms with Crippen molar-refractivity contribution in [3.05, 3.63) is 30.3 Å². The van der Waals surface area contributed by atoms with Crippen LogP contribution in [0.5, 0.6) is 5.75 Å². The Morgan fingerprint density at radius 3 is 2.23 bits per heavy atom. The summed E-state index contributed by atoms with van der Waals surface area (Å²) in [7, 11) is 0. The van der Waals surface area contributed by atoms with Gasteiger partial charge >= 0.3 is 0 Å². The monoisotopic (exact) mass is 576 g/mol. The second-order valence-electron chi connectivity index (χ2n) is 10.3. The molecule has 1 aromatic rings. The molecule has 14 N–H and O–H groups in total. The zero-order valence-corrected chi connectivity index (χ0v) is 22.3. The molecule has 0 amide bonds. The molecule has 1 aliphatic heterocycles. The number of aliphatic hydroxyl groups is 6. The van der Waals surface area contributed by atoms with Gasteiger partial charge in [0.2, 0.25) is 0 Å². The van der Waals surface area contributed by atoms with Gasteiger partial charge in [0.15, 0.2) is 12.6 Å². The van der Waals surface area contributed by atoms with E-state index in [0.717, 1.165) is 0 Å². The van der Waals surface area contributed by atoms with Gasteiger partial charge in [-0.3, -0.25) is 0 Å². The lowest BCUT2D eigenvalue weighted by atomic mass is 9.84. The van der Waals surface area contributed by atoms with Crippen LogP contribution in [0.15, 0.2) is 30.3 Å². The summed E-state index contributed by atoms with van der Waals surface area (Å²) in [4.78, 5) is 0. The molecular formula is C25H44N4O11. The first-order valence-electron chi connectivity index (χ1n) is 13.3. The quantitative estimate of drug-likeness (QED) is 0.0990. The maximum absolute atomic E-state index is 11.2. The predicted molar refractivity (Wildman–Crippen MR) is 139 cm³/mol. The summed E-state index contributed by atoms with van der Waals surface area (Å²) in [5.41, 5.74) is 24.1. The van der Waals surface area contributed by atoms with E-state index in [4.69, 9.17) is 46.6 Å². The Morgan fingerprint density at radius 2 is 1.62 bits per heavy atom. The van der Waals surface area contributed by atoms with Gasteiger partial charge in [0.25, 0.3) is 0 Å². The molecule has 0 radical (unpaired) electrons. The summed E-state index contributed by atoms with van der Waals surface area (Å²) in [6.45, 7) is 0.446. The molecule has 1 aliphatic carbocycles. The summed E-state index contributed by atoms with van der Waals surface area (Å²) >= 11 is 0. The van der Waals surface area contributed by atoms with E-state index >= 15 is 0 Å². The molecule has 15 nitrogen and oxygen atoms in total. The molecule has 2 aliphatic rings. The fraction of sp³-hybridized carbons (Fsp3) is 0.760. The molecule has 1 aromatic carbocycles. The Bertz CT molecular complexity index is 874. The Hall–Kier alpha value is -1.54. The second kappa shape index (κ2) is 15.1. The number of hydrogen-bond acceptors (Lipinski definition) is 15. The van der Waals surface area contributed by atoms with Gasteiger partial charge in [0, 0.05) is 18.6 Å². The Labute approximate surface area is 232 Å². The molecule has 14 atom stereocenters. The van der Waals surface area contributed by atoms with Gasteiger partial charge in [-0.2, -0.15) is 0 Å². The molecule has 2 fully saturated rings. The average Bonchev–Trinajstić information content (AvgIpc) is 2.94. The van der Waals surface area contributed by atoms with Gasteiger partial charge in [-0.05, 0) is 25.5 Å². The Balaban J connectivity index is 1.72. The molecule has 0 aromatic heterocycles. The fourth-order valence-electron chi connectivity index (χ4n) is 4.70. The largest absolute Gasteiger partial charge is 0.491 e. The summed E-state index contributed by atoms with van der Waals surface area (Å²) < 4.78 is 28.7. The highest BCUT2D eigenvalue weighted by Crippen LogP contribution is 2.30. The third-order valence-electron chi connectivity index (χ3n) is 7.14. The van der Waals surface area contributed by atoms with Crippen molar-refractivity contribution in [2.45, 2.75) is 99.0 Å². The van der Waals surface area contributed by atoms with Crippen LogP contribution in [-0.2, 0) is 18.9 Å². The number of para-hydroxylation sites is 1. The molecule has 230 valence electrons. The van der Waals surface area contributed by atoms with E-state index in [1.54, 1.807) is 24.3 Å². The summed E-state index contributed by atoms with van der Waals surface area (Å²) in [6, 6.07) is 5.97. The smallest absolute Gasteiger partial charge is 0.186 e. The van der Waals surface area contributed by atoms with Crippen molar-refractivity contribution in [3.63, 3.8) is 0 Å². The zero-order valence-electron chi connectivity index (χ0n) is 22.3. The van der Waals surface area contributed by atoms with Gasteiger partial charge < -0.3 is 77.3 Å². The van der Waals surface area contributed by atoms with Crippen molar-refractivity contribution in [2.75, 3.05) is 19.8 Å². The summed E-state index contributed by atoms with van der Waals surface area (Å²) in [5.74, 6) is 0.531. The van der Waals surface area contributed by atoms with Crippen LogP contribution in [0.2, 0.25) is 0 Å². The van der Waals surface area contributed by atoms with E-state index in [-0.39, 0.29) is 19.6 Å². The molecule has 1 heterocycles. The highest BCUT2D eigenvalue weighted by atomic mass is 16.7. The third kappa shape index (κ3) is 8.05. The first-order chi connectivity index (χ1) is 19.0. The highest BCUT2D eigenvalue weighted by molar-refractivity contribution is 5.21. The van der Waals surface area contributed by atoms with Crippen molar-refractivity contribution < 1.29 is 54.3 Å². The number of aliphatic hydroxyl groups excluding tert-OH is 6. The lowest BCUT2D eigenvalue weighted by Gasteiger charge is -2.47. The number of ether oxygens (including phenoxy) is 5. The summed E-state index contributed by atoms with van der Waals surface area (Å²) in [5, 5.41) is 62.1. The predicted octanol–water partition coefficient (Wildman–Crippen LogP) is -4.57. The molecule has 11 unspecified atom stereocenters. The Kier molecular flexibility index (Phi) is 12.4. The molecule has 1 saturated carbocycles. The second-order valence-corrected chi connectivity index (χ2v) is 10.3. The number of rotatable bonds is 13. The van der Waals surface area contributed by atoms with Gasteiger partial charge in [0.1, 0.15) is 55.1 Å². The van der Waals surface area contributed by atoms with Crippen LogP contribution in [0.25, 0.3) is 0 Å². The van der Waals surface area contributed by atoms with Crippen LogP contribution >= 0.6 is 0 Å². The average molecular weight is 577 g/mol. The van der Waals surface area contributed by atoms with Crippen LogP contribution in [0.3, 0.4) is 0 Å². The van der Waals surface area contributed by atoms with Crippen LogP contribution in [0.4, 0.5) is 0 Å². The lowest BCUT2D eigenvalue weighted by molar-refractivity contribution is -0.315. The number of hydrogen-bond donors (Lipinski definition) is 10. The first-order valence-corrected chi connectivity index (χ1v) is 13.3. The maximum Gasteiger partial charge on any atom is 0.186 e. The standard InChI is InChI=1S/C25H44N4O11/c1-11(31)16(8-26)37-24(15(32)9-30)39-22-13(27)7-14(28)23(21(22)35)40-25-20(34)18(29)19(33)17(38-25)10-36-12-5-3-2-4-6-12/h2-6,11,13-25,30-35H,7-10,26-29H2,1H3/t11-,13?,14-,15-,16?,17?,18?,19?,20?,21?,22?,23?,24?,25?/m0/s1. The molecule has 3 rings (SSSR count). The minimum absolute atomic E-state index is 0.0864. The van der Waals surface area contributed by atoms with Crippen molar-refractivity contribution in [3.8, 4) is 5.75 Å². The van der Waals surface area contributed by atoms with Crippen LogP contribution in [-0.4, -0.2) is 136 Å². The fourth-order valence-corrected chi connectivity index (χ4v) is 4.70. The normalized spacial score (nSPS) is 37.9. The topological polar surface area (TPSA) is 272 Å². The molecular weight excluding hydrogens is 532 g/mol. The summed E-state index contributed by atoms with van der Waals surface area (Å²) in [6.07, 6.45) is -14.1.